The van der Waals surface area contributed by atoms with Gasteiger partial charge in [0.25, 0.3) is 5.91 Å². The number of nitrogens with zero attached hydrogens (tertiary/aromatic N) is 3. The van der Waals surface area contributed by atoms with Crippen molar-refractivity contribution in [2.24, 2.45) is 11.0 Å². The lowest BCUT2D eigenvalue weighted by Crippen LogP contribution is -2.46. The number of carbonyl (C=O) groups excluding carboxylic acids is 2. The molecule has 0 N–H and O–H groups in total. The summed E-state index contributed by atoms with van der Waals surface area (Å²) in [6.07, 6.45) is 3.37. The summed E-state index contributed by atoms with van der Waals surface area (Å²) in [6, 6.07) is 11.6. The molecule has 0 bridgehead atoms. The summed E-state index contributed by atoms with van der Waals surface area (Å²) in [7, 11) is 4.79. The number of aryl methyl sites for hydroxylation is 2. The van der Waals surface area contributed by atoms with E-state index in [2.05, 4.69) is 26.0 Å². The molecule has 8 heteroatoms. The molecule has 1 atom stereocenters. The van der Waals surface area contributed by atoms with Gasteiger partial charge in [-0.15, -0.1) is 0 Å². The molecule has 1 unspecified atom stereocenters. The summed E-state index contributed by atoms with van der Waals surface area (Å²) >= 11 is 0. The van der Waals surface area contributed by atoms with Crippen LogP contribution < -0.4 is 9.47 Å². The Morgan fingerprint density at radius 1 is 1.00 bits per heavy atom. The van der Waals surface area contributed by atoms with E-state index >= 15 is 0 Å². The third-order valence-corrected chi connectivity index (χ3v) is 7.46. The largest absolute Gasteiger partial charge is 0.493 e. The van der Waals surface area contributed by atoms with Gasteiger partial charge in [-0.25, -0.2) is 5.01 Å². The van der Waals surface area contributed by atoms with Gasteiger partial charge in [0.2, 0.25) is 5.91 Å². The number of amides is 2. The second-order valence-corrected chi connectivity index (χ2v) is 9.80. The Morgan fingerprint density at radius 2 is 1.76 bits per heavy atom. The molecule has 2 aliphatic rings. The topological polar surface area (TPSA) is 80.7 Å². The minimum Gasteiger partial charge on any atom is -0.493 e. The first-order valence-corrected chi connectivity index (χ1v) is 12.8. The van der Waals surface area contributed by atoms with Crippen LogP contribution >= 0.6 is 0 Å². The first-order valence-electron chi connectivity index (χ1n) is 12.8. The fraction of sp³-hybridized carbons (Fsp3) is 0.483. The van der Waals surface area contributed by atoms with Crippen molar-refractivity contribution in [2.45, 2.75) is 45.6 Å². The molecule has 4 rings (SSSR count). The zero-order valence-corrected chi connectivity index (χ0v) is 22.5. The molecule has 1 aliphatic heterocycles. The van der Waals surface area contributed by atoms with E-state index in [1.807, 2.05) is 24.3 Å². The smallest absolute Gasteiger partial charge is 0.262 e. The molecule has 198 valence electrons. The highest BCUT2D eigenvalue weighted by Crippen LogP contribution is 2.38. The molecule has 2 amide bonds. The Hall–Kier alpha value is -3.39. The summed E-state index contributed by atoms with van der Waals surface area (Å²) < 4.78 is 16.2. The fourth-order valence-corrected chi connectivity index (χ4v) is 4.77. The third kappa shape index (κ3) is 5.80. The van der Waals surface area contributed by atoms with Gasteiger partial charge in [-0.3, -0.25) is 9.59 Å². The Kier molecular flexibility index (Phi) is 8.48. The van der Waals surface area contributed by atoms with Gasteiger partial charge in [0, 0.05) is 26.0 Å². The molecule has 1 saturated carbocycles. The zero-order valence-electron chi connectivity index (χ0n) is 22.5. The average molecular weight is 508 g/mol. The third-order valence-electron chi connectivity index (χ3n) is 7.46. The van der Waals surface area contributed by atoms with E-state index in [9.17, 15) is 9.59 Å². The summed E-state index contributed by atoms with van der Waals surface area (Å²) in [6.45, 7) is 4.86. The van der Waals surface area contributed by atoms with Crippen LogP contribution in [0.2, 0.25) is 0 Å². The van der Waals surface area contributed by atoms with E-state index in [-0.39, 0.29) is 30.3 Å². The quantitative estimate of drug-likeness (QED) is 0.480. The number of hydrazone groups is 1. The summed E-state index contributed by atoms with van der Waals surface area (Å²) in [5, 5.41) is 6.36. The van der Waals surface area contributed by atoms with Crippen molar-refractivity contribution in [1.29, 1.82) is 0 Å². The number of hydrogen-bond donors (Lipinski definition) is 0. The first kappa shape index (κ1) is 26.7. The van der Waals surface area contributed by atoms with Crippen LogP contribution in [0.15, 0.2) is 41.5 Å². The zero-order chi connectivity index (χ0) is 26.5. The Morgan fingerprint density at radius 3 is 2.38 bits per heavy atom. The van der Waals surface area contributed by atoms with E-state index < -0.39 is 0 Å². The number of benzene rings is 2. The molecule has 37 heavy (non-hydrogen) atoms. The summed E-state index contributed by atoms with van der Waals surface area (Å²) in [5.41, 5.74) is 5.09. The lowest BCUT2D eigenvalue weighted by Gasteiger charge is -2.32. The molecule has 0 saturated heterocycles. The lowest BCUT2D eigenvalue weighted by atomic mass is 9.84. The molecule has 2 aromatic carbocycles. The van der Waals surface area contributed by atoms with Gasteiger partial charge in [-0.1, -0.05) is 24.6 Å². The minimum absolute atomic E-state index is 0.000485. The maximum Gasteiger partial charge on any atom is 0.262 e. The van der Waals surface area contributed by atoms with Crippen LogP contribution in [0.1, 0.15) is 54.0 Å². The van der Waals surface area contributed by atoms with Crippen molar-refractivity contribution in [1.82, 2.24) is 9.91 Å². The Labute approximate surface area is 219 Å². The van der Waals surface area contributed by atoms with Gasteiger partial charge < -0.3 is 19.1 Å². The molecular weight excluding hydrogens is 470 g/mol. The van der Waals surface area contributed by atoms with Crippen molar-refractivity contribution in [2.75, 3.05) is 41.0 Å². The number of rotatable bonds is 10. The predicted molar refractivity (Wildman–Crippen MR) is 142 cm³/mol. The highest BCUT2D eigenvalue weighted by Gasteiger charge is 2.36. The molecule has 0 aromatic heterocycles. The van der Waals surface area contributed by atoms with E-state index in [4.69, 9.17) is 19.3 Å². The van der Waals surface area contributed by atoms with E-state index in [1.54, 1.807) is 31.2 Å². The van der Waals surface area contributed by atoms with Crippen LogP contribution in [0.5, 0.6) is 11.5 Å². The SMILES string of the molecule is COCCN(CC(=O)N1N=C(c2ccc(C)c(C)c2)CC1c1ccc(OC)c(OC)c1)C(=O)C1CCC1. The van der Waals surface area contributed by atoms with Gasteiger partial charge in [0.05, 0.1) is 32.6 Å². The van der Waals surface area contributed by atoms with Crippen molar-refractivity contribution in [3.05, 3.63) is 58.7 Å². The maximum absolute atomic E-state index is 13.7. The highest BCUT2D eigenvalue weighted by atomic mass is 16.5. The maximum atomic E-state index is 13.7. The monoisotopic (exact) mass is 507 g/mol. The number of hydrogen-bond acceptors (Lipinski definition) is 6. The van der Waals surface area contributed by atoms with Crippen LogP contribution in [-0.4, -0.2) is 68.5 Å². The van der Waals surface area contributed by atoms with Crippen molar-refractivity contribution >= 4 is 17.5 Å². The molecule has 1 heterocycles. The first-order chi connectivity index (χ1) is 17.9. The molecule has 0 spiro atoms. The Bertz CT molecular complexity index is 1170. The summed E-state index contributed by atoms with van der Waals surface area (Å²) in [5.74, 6) is 1.02. The van der Waals surface area contributed by atoms with Gasteiger partial charge in [0.1, 0.15) is 6.54 Å². The van der Waals surface area contributed by atoms with Gasteiger partial charge in [0.15, 0.2) is 11.5 Å². The second-order valence-electron chi connectivity index (χ2n) is 9.80. The fourth-order valence-electron chi connectivity index (χ4n) is 4.77. The molecule has 8 nitrogen and oxygen atoms in total. The van der Waals surface area contributed by atoms with Crippen LogP contribution in [-0.2, 0) is 14.3 Å². The predicted octanol–water partition coefficient (Wildman–Crippen LogP) is 4.27. The average Bonchev–Trinajstić information content (AvgIpc) is 3.32. The standard InChI is InChI=1S/C29H37N3O5/c1-19-9-10-22(15-20(19)2)24-17-25(23-11-12-26(36-4)27(16-23)37-5)32(30-24)28(33)18-31(13-14-35-3)29(34)21-7-6-8-21/h9-12,15-16,21,25H,6-8,13-14,17-18H2,1-5H3. The normalized spacial score (nSPS) is 17.3. The van der Waals surface area contributed by atoms with Crippen LogP contribution in [0, 0.1) is 19.8 Å². The highest BCUT2D eigenvalue weighted by molar-refractivity contribution is 6.03. The second kappa shape index (κ2) is 11.8. The molecular formula is C29H37N3O5. The Balaban J connectivity index is 1.65. The van der Waals surface area contributed by atoms with Gasteiger partial charge in [-0.05, 0) is 67.1 Å². The van der Waals surface area contributed by atoms with Gasteiger partial charge >= 0.3 is 0 Å². The molecule has 1 aliphatic carbocycles. The van der Waals surface area contributed by atoms with Crippen LogP contribution in [0.3, 0.4) is 0 Å². The molecule has 2 aromatic rings. The minimum atomic E-state index is -0.327. The van der Waals surface area contributed by atoms with Crippen molar-refractivity contribution < 1.29 is 23.8 Å². The van der Waals surface area contributed by atoms with E-state index in [0.717, 1.165) is 36.1 Å². The van der Waals surface area contributed by atoms with E-state index in [0.29, 0.717) is 31.1 Å². The molecule has 0 radical (unpaired) electrons. The van der Waals surface area contributed by atoms with Gasteiger partial charge in [-0.2, -0.15) is 5.10 Å². The van der Waals surface area contributed by atoms with E-state index in [1.165, 1.54) is 11.1 Å². The lowest BCUT2D eigenvalue weighted by molar-refractivity contribution is -0.146. The summed E-state index contributed by atoms with van der Waals surface area (Å²) in [4.78, 5) is 28.4. The van der Waals surface area contributed by atoms with Crippen LogP contribution in [0.4, 0.5) is 0 Å². The molecule has 1 fully saturated rings. The van der Waals surface area contributed by atoms with Crippen molar-refractivity contribution in [3.8, 4) is 11.5 Å². The van der Waals surface area contributed by atoms with Crippen molar-refractivity contribution in [3.63, 3.8) is 0 Å². The number of ether oxygens (including phenoxy) is 3. The number of carbonyl (C=O) groups is 2. The van der Waals surface area contributed by atoms with Crippen LogP contribution in [0.25, 0.3) is 0 Å². The number of methoxy groups -OCH3 is 3.